The minimum absolute atomic E-state index is 0.365. The number of imide groups is 1. The van der Waals surface area contributed by atoms with Crippen molar-refractivity contribution in [1.82, 2.24) is 20.8 Å². The van der Waals surface area contributed by atoms with Crippen molar-refractivity contribution in [1.29, 1.82) is 0 Å². The van der Waals surface area contributed by atoms with Gasteiger partial charge in [0, 0.05) is 13.1 Å². The molecule has 0 fully saturated rings. The molecule has 1 heterocycles. The van der Waals surface area contributed by atoms with Crippen LogP contribution < -0.4 is 16.0 Å². The Hall–Kier alpha value is -2.13. The Balaban J connectivity index is 1.75. The second-order valence-corrected chi connectivity index (χ2v) is 7.78. The van der Waals surface area contributed by atoms with E-state index < -0.39 is 11.3 Å². The summed E-state index contributed by atoms with van der Waals surface area (Å²) < 4.78 is 0.686. The van der Waals surface area contributed by atoms with Gasteiger partial charge in [0.25, 0.3) is 0 Å². The summed E-state index contributed by atoms with van der Waals surface area (Å²) in [6, 6.07) is 8.99. The van der Waals surface area contributed by atoms with Crippen molar-refractivity contribution in [2.45, 2.75) is 36.4 Å². The number of nitrogens with one attached hydrogen (secondary N) is 3. The second-order valence-electron chi connectivity index (χ2n) is 5.22. The molecule has 7 nitrogen and oxygen atoms in total. The Kier molecular flexibility index (Phi) is 7.68. The number of carbonyl (C=O) groups excluding carboxylic acids is 2. The molecule has 134 valence electrons. The number of hydrogen-bond acceptors (Lipinski definition) is 7. The van der Waals surface area contributed by atoms with E-state index in [2.05, 4.69) is 33.1 Å². The van der Waals surface area contributed by atoms with Gasteiger partial charge in [-0.3, -0.25) is 10.1 Å². The van der Waals surface area contributed by atoms with Gasteiger partial charge in [0.2, 0.25) is 11.0 Å². The fourth-order valence-electron chi connectivity index (χ4n) is 1.80. The molecule has 3 amide bonds. The van der Waals surface area contributed by atoms with E-state index in [4.69, 9.17) is 0 Å². The Morgan fingerprint density at radius 2 is 2.00 bits per heavy atom. The van der Waals surface area contributed by atoms with Gasteiger partial charge >= 0.3 is 6.03 Å². The molecule has 1 aromatic heterocycles. The molecule has 2 rings (SSSR count). The largest absolute Gasteiger partial charge is 0.360 e. The third kappa shape index (κ3) is 6.71. The van der Waals surface area contributed by atoms with E-state index in [0.717, 1.165) is 23.7 Å². The molecular formula is C16H21N5O2S2. The van der Waals surface area contributed by atoms with Gasteiger partial charge in [-0.25, -0.2) is 4.79 Å². The molecule has 1 atom stereocenters. The van der Waals surface area contributed by atoms with E-state index in [1.165, 1.54) is 23.1 Å². The lowest BCUT2D eigenvalue weighted by Crippen LogP contribution is -2.42. The Bertz CT molecular complexity index is 693. The minimum atomic E-state index is -0.510. The van der Waals surface area contributed by atoms with Crippen molar-refractivity contribution < 1.29 is 9.59 Å². The number of carbonyl (C=O) groups is 2. The SMILES string of the molecule is CCCNc1nnc(S[C@H](C)C(=O)NC(=O)NCc2ccccc2)s1. The van der Waals surface area contributed by atoms with Crippen LogP contribution in [-0.4, -0.2) is 33.9 Å². The fraction of sp³-hybridized carbons (Fsp3) is 0.375. The minimum Gasteiger partial charge on any atom is -0.360 e. The van der Waals surface area contributed by atoms with Crippen LogP contribution in [0.5, 0.6) is 0 Å². The van der Waals surface area contributed by atoms with Crippen LogP contribution in [0.4, 0.5) is 9.93 Å². The molecular weight excluding hydrogens is 358 g/mol. The lowest BCUT2D eigenvalue weighted by molar-refractivity contribution is -0.119. The lowest BCUT2D eigenvalue weighted by Gasteiger charge is -2.10. The molecule has 9 heteroatoms. The number of thioether (sulfide) groups is 1. The molecule has 0 unspecified atom stereocenters. The van der Waals surface area contributed by atoms with E-state index in [-0.39, 0.29) is 5.91 Å². The summed E-state index contributed by atoms with van der Waals surface area (Å²) in [5, 5.41) is 16.5. The average Bonchev–Trinajstić information content (AvgIpc) is 3.06. The molecule has 2 aromatic rings. The molecule has 3 N–H and O–H groups in total. The summed E-state index contributed by atoms with van der Waals surface area (Å²) in [5.41, 5.74) is 0.966. The van der Waals surface area contributed by atoms with Gasteiger partial charge in [0.05, 0.1) is 5.25 Å². The van der Waals surface area contributed by atoms with E-state index >= 15 is 0 Å². The molecule has 1 aromatic carbocycles. The molecule has 0 aliphatic carbocycles. The number of hydrogen-bond donors (Lipinski definition) is 3. The van der Waals surface area contributed by atoms with Crippen LogP contribution >= 0.6 is 23.1 Å². The van der Waals surface area contributed by atoms with E-state index in [9.17, 15) is 9.59 Å². The third-order valence-corrected chi connectivity index (χ3v) is 5.18. The highest BCUT2D eigenvalue weighted by Crippen LogP contribution is 2.28. The number of benzene rings is 1. The summed E-state index contributed by atoms with van der Waals surface area (Å²) >= 11 is 2.67. The standard InChI is InChI=1S/C16H21N5O2S2/c1-3-9-17-15-20-21-16(25-15)24-11(2)13(22)19-14(23)18-10-12-7-5-4-6-8-12/h4-8,11H,3,9-10H2,1-2H3,(H,17,20)(H2,18,19,22,23)/t11-/m1/s1. The molecule has 0 bridgehead atoms. The zero-order valence-electron chi connectivity index (χ0n) is 14.1. The van der Waals surface area contributed by atoms with Crippen molar-refractivity contribution in [2.24, 2.45) is 0 Å². The highest BCUT2D eigenvalue weighted by atomic mass is 32.2. The maximum Gasteiger partial charge on any atom is 0.321 e. The van der Waals surface area contributed by atoms with Gasteiger partial charge in [0.1, 0.15) is 0 Å². The predicted molar refractivity (Wildman–Crippen MR) is 101 cm³/mol. The van der Waals surface area contributed by atoms with Crippen LogP contribution in [0.3, 0.4) is 0 Å². The number of anilines is 1. The normalized spacial score (nSPS) is 11.6. The number of amides is 3. The van der Waals surface area contributed by atoms with Gasteiger partial charge in [0.15, 0.2) is 4.34 Å². The van der Waals surface area contributed by atoms with Crippen molar-refractivity contribution >= 4 is 40.2 Å². The maximum atomic E-state index is 12.1. The number of rotatable bonds is 8. The molecule has 0 saturated heterocycles. The van der Waals surface area contributed by atoms with Gasteiger partial charge in [-0.1, -0.05) is 60.4 Å². The summed E-state index contributed by atoms with van der Waals surface area (Å²) in [6.07, 6.45) is 0.999. The first kappa shape index (κ1) is 19.2. The zero-order chi connectivity index (χ0) is 18.1. The van der Waals surface area contributed by atoms with Crippen LogP contribution in [-0.2, 0) is 11.3 Å². The van der Waals surface area contributed by atoms with Crippen molar-refractivity contribution in [3.05, 3.63) is 35.9 Å². The number of nitrogens with zero attached hydrogens (tertiary/aromatic N) is 2. The first-order valence-electron chi connectivity index (χ1n) is 7.95. The predicted octanol–water partition coefficient (Wildman–Crippen LogP) is 2.87. The van der Waals surface area contributed by atoms with Crippen LogP contribution in [0.15, 0.2) is 34.7 Å². The highest BCUT2D eigenvalue weighted by Gasteiger charge is 2.19. The Morgan fingerprint density at radius 1 is 1.24 bits per heavy atom. The highest BCUT2D eigenvalue weighted by molar-refractivity contribution is 8.02. The number of urea groups is 1. The first-order valence-corrected chi connectivity index (χ1v) is 9.64. The summed E-state index contributed by atoms with van der Waals surface area (Å²) in [4.78, 5) is 23.9. The summed E-state index contributed by atoms with van der Waals surface area (Å²) in [5.74, 6) is -0.367. The topological polar surface area (TPSA) is 96.0 Å². The molecule has 0 spiro atoms. The maximum absolute atomic E-state index is 12.1. The molecule has 0 saturated carbocycles. The second kappa shape index (κ2) is 10.00. The van der Waals surface area contributed by atoms with E-state index in [0.29, 0.717) is 10.9 Å². The Labute approximate surface area is 155 Å². The third-order valence-electron chi connectivity index (χ3n) is 3.11. The molecule has 0 aliphatic rings. The van der Waals surface area contributed by atoms with Crippen LogP contribution in [0.25, 0.3) is 0 Å². The zero-order valence-corrected chi connectivity index (χ0v) is 15.7. The monoisotopic (exact) mass is 379 g/mol. The van der Waals surface area contributed by atoms with Gasteiger partial charge in [-0.2, -0.15) is 0 Å². The summed E-state index contributed by atoms with van der Waals surface area (Å²) in [6.45, 7) is 4.99. The van der Waals surface area contributed by atoms with Gasteiger partial charge < -0.3 is 10.6 Å². The lowest BCUT2D eigenvalue weighted by atomic mass is 10.2. The summed E-state index contributed by atoms with van der Waals surface area (Å²) in [7, 11) is 0. The van der Waals surface area contributed by atoms with Crippen molar-refractivity contribution in [2.75, 3.05) is 11.9 Å². The molecule has 25 heavy (non-hydrogen) atoms. The van der Waals surface area contributed by atoms with Gasteiger partial charge in [-0.15, -0.1) is 10.2 Å². The van der Waals surface area contributed by atoms with E-state index in [1.807, 2.05) is 30.3 Å². The smallest absolute Gasteiger partial charge is 0.321 e. The fourth-order valence-corrected chi connectivity index (χ4v) is 3.72. The molecule has 0 radical (unpaired) electrons. The average molecular weight is 380 g/mol. The first-order chi connectivity index (χ1) is 12.1. The van der Waals surface area contributed by atoms with E-state index in [1.54, 1.807) is 6.92 Å². The van der Waals surface area contributed by atoms with Crippen LogP contribution in [0.1, 0.15) is 25.8 Å². The number of aromatic nitrogens is 2. The Morgan fingerprint density at radius 3 is 2.72 bits per heavy atom. The van der Waals surface area contributed by atoms with Crippen molar-refractivity contribution in [3.8, 4) is 0 Å². The van der Waals surface area contributed by atoms with Crippen molar-refractivity contribution in [3.63, 3.8) is 0 Å². The van der Waals surface area contributed by atoms with Crippen LogP contribution in [0.2, 0.25) is 0 Å². The quantitative estimate of drug-likeness (QED) is 0.611. The van der Waals surface area contributed by atoms with Gasteiger partial charge in [-0.05, 0) is 18.9 Å². The molecule has 0 aliphatic heterocycles. The van der Waals surface area contributed by atoms with Crippen LogP contribution in [0, 0.1) is 0 Å².